The first-order chi connectivity index (χ1) is 13.4. The Morgan fingerprint density at radius 1 is 1.04 bits per heavy atom. The fraction of sp³-hybridized carbons (Fsp3) is 0.250. The molecule has 0 unspecified atom stereocenters. The highest BCUT2D eigenvalue weighted by Crippen LogP contribution is 2.21. The molecule has 6 nitrogen and oxygen atoms in total. The quantitative estimate of drug-likeness (QED) is 0.523. The zero-order valence-electron chi connectivity index (χ0n) is 15.2. The number of carbonyl (C=O) groups excluding carboxylic acids is 3. The lowest BCUT2D eigenvalue weighted by Gasteiger charge is -2.10. The van der Waals surface area contributed by atoms with Gasteiger partial charge >= 0.3 is 11.9 Å². The van der Waals surface area contributed by atoms with Crippen molar-refractivity contribution in [2.75, 3.05) is 18.5 Å². The van der Waals surface area contributed by atoms with Gasteiger partial charge < -0.3 is 14.8 Å². The number of hydrogen-bond donors (Lipinski definition) is 1. The van der Waals surface area contributed by atoms with Crippen molar-refractivity contribution >= 4 is 35.1 Å². The summed E-state index contributed by atoms with van der Waals surface area (Å²) in [6.45, 7) is 1.70. The van der Waals surface area contributed by atoms with Crippen molar-refractivity contribution in [2.24, 2.45) is 0 Å². The summed E-state index contributed by atoms with van der Waals surface area (Å²) in [4.78, 5) is 35.9. The Balaban J connectivity index is 1.92. The van der Waals surface area contributed by atoms with Crippen molar-refractivity contribution in [3.8, 4) is 0 Å². The normalized spacial score (nSPS) is 10.2. The van der Waals surface area contributed by atoms with E-state index in [0.29, 0.717) is 5.69 Å². The first kappa shape index (κ1) is 21.4. The fourth-order valence-corrected chi connectivity index (χ4v) is 2.34. The molecule has 28 heavy (non-hydrogen) atoms. The average Bonchev–Trinajstić information content (AvgIpc) is 2.68. The fourth-order valence-electron chi connectivity index (χ4n) is 2.14. The molecule has 0 saturated carbocycles. The molecule has 0 aliphatic carbocycles. The maximum absolute atomic E-state index is 12.9. The number of carbonyl (C=O) groups is 3. The van der Waals surface area contributed by atoms with Crippen LogP contribution in [0.15, 0.2) is 42.5 Å². The van der Waals surface area contributed by atoms with Gasteiger partial charge in [-0.15, -0.1) is 0 Å². The molecule has 0 fully saturated rings. The number of hydrogen-bond acceptors (Lipinski definition) is 5. The van der Waals surface area contributed by atoms with Crippen LogP contribution in [0, 0.1) is 5.82 Å². The summed E-state index contributed by atoms with van der Waals surface area (Å²) in [6.07, 6.45) is 1.62. The third-order valence-corrected chi connectivity index (χ3v) is 3.94. The zero-order chi connectivity index (χ0) is 20.5. The number of unbranched alkanes of at least 4 members (excludes halogenated alkanes) is 1. The lowest BCUT2D eigenvalue weighted by Crippen LogP contribution is -2.21. The molecule has 0 radical (unpaired) electrons. The van der Waals surface area contributed by atoms with Crippen molar-refractivity contribution < 1.29 is 28.2 Å². The zero-order valence-corrected chi connectivity index (χ0v) is 15.9. The summed E-state index contributed by atoms with van der Waals surface area (Å²) < 4.78 is 22.8. The largest absolute Gasteiger partial charge is 0.462 e. The number of esters is 2. The minimum atomic E-state index is -0.758. The lowest BCUT2D eigenvalue weighted by molar-refractivity contribution is -0.119. The Labute approximate surface area is 166 Å². The van der Waals surface area contributed by atoms with Crippen LogP contribution < -0.4 is 5.32 Å². The summed E-state index contributed by atoms with van der Waals surface area (Å²) in [6, 6.07) is 9.09. The lowest BCUT2D eigenvalue weighted by atomic mass is 10.2. The molecule has 2 aromatic rings. The first-order valence-electron chi connectivity index (χ1n) is 8.60. The number of halogens is 2. The molecular weight excluding hydrogens is 389 g/mol. The molecule has 0 aliphatic heterocycles. The van der Waals surface area contributed by atoms with Crippen molar-refractivity contribution in [1.82, 2.24) is 0 Å². The summed E-state index contributed by atoms with van der Waals surface area (Å²) in [7, 11) is 0. The van der Waals surface area contributed by atoms with Gasteiger partial charge in [0.1, 0.15) is 5.82 Å². The number of ether oxygens (including phenoxy) is 2. The Hall–Kier alpha value is -2.93. The molecule has 0 aromatic heterocycles. The van der Waals surface area contributed by atoms with Gasteiger partial charge in [0.15, 0.2) is 6.61 Å². The van der Waals surface area contributed by atoms with E-state index >= 15 is 0 Å². The van der Waals surface area contributed by atoms with Crippen LogP contribution in [0.1, 0.15) is 40.5 Å². The van der Waals surface area contributed by atoms with E-state index in [9.17, 15) is 18.8 Å². The van der Waals surface area contributed by atoms with Crippen LogP contribution in [0.5, 0.6) is 0 Å². The average molecular weight is 408 g/mol. The van der Waals surface area contributed by atoms with Gasteiger partial charge in [0.25, 0.3) is 5.91 Å². The second kappa shape index (κ2) is 10.4. The molecule has 1 N–H and O–H groups in total. The van der Waals surface area contributed by atoms with Crippen molar-refractivity contribution in [3.63, 3.8) is 0 Å². The second-order valence-corrected chi connectivity index (χ2v) is 6.22. The van der Waals surface area contributed by atoms with Crippen LogP contribution in [-0.2, 0) is 14.3 Å². The minimum Gasteiger partial charge on any atom is -0.462 e. The molecule has 0 heterocycles. The van der Waals surface area contributed by atoms with Crippen molar-refractivity contribution in [2.45, 2.75) is 19.8 Å². The van der Waals surface area contributed by atoms with Gasteiger partial charge in [0.05, 0.1) is 22.8 Å². The number of rotatable bonds is 8. The molecule has 1 amide bonds. The van der Waals surface area contributed by atoms with Crippen LogP contribution in [0.3, 0.4) is 0 Å². The van der Waals surface area contributed by atoms with Gasteiger partial charge in [-0.05, 0) is 48.9 Å². The smallest absolute Gasteiger partial charge is 0.339 e. The summed E-state index contributed by atoms with van der Waals surface area (Å²) >= 11 is 6.01. The summed E-state index contributed by atoms with van der Waals surface area (Å²) in [5.74, 6) is -2.44. The molecule has 0 atom stereocenters. The standard InChI is InChI=1S/C20H19ClFNO5/c1-2-3-10-27-20(26)16-11-15(8-9-17(16)21)23-18(24)12-28-19(25)13-4-6-14(22)7-5-13/h4-9,11H,2-3,10,12H2,1H3,(H,23,24). The topological polar surface area (TPSA) is 81.7 Å². The molecule has 2 aromatic carbocycles. The molecular formula is C20H19ClFNO5. The van der Waals surface area contributed by atoms with Gasteiger partial charge in [-0.2, -0.15) is 0 Å². The molecule has 0 saturated heterocycles. The highest BCUT2D eigenvalue weighted by molar-refractivity contribution is 6.33. The van der Waals surface area contributed by atoms with Crippen LogP contribution in [0.25, 0.3) is 0 Å². The van der Waals surface area contributed by atoms with E-state index in [1.54, 1.807) is 0 Å². The van der Waals surface area contributed by atoms with E-state index < -0.39 is 30.3 Å². The van der Waals surface area contributed by atoms with Crippen LogP contribution in [-0.4, -0.2) is 31.1 Å². The van der Waals surface area contributed by atoms with Crippen LogP contribution in [0.2, 0.25) is 5.02 Å². The van der Waals surface area contributed by atoms with E-state index in [1.807, 2.05) is 6.92 Å². The Morgan fingerprint density at radius 3 is 2.43 bits per heavy atom. The second-order valence-electron chi connectivity index (χ2n) is 5.82. The van der Waals surface area contributed by atoms with Gasteiger partial charge in [-0.3, -0.25) is 4.79 Å². The van der Waals surface area contributed by atoms with Crippen LogP contribution in [0.4, 0.5) is 10.1 Å². The Morgan fingerprint density at radius 2 is 1.75 bits per heavy atom. The molecule has 148 valence electrons. The predicted molar refractivity (Wildman–Crippen MR) is 102 cm³/mol. The molecule has 8 heteroatoms. The first-order valence-corrected chi connectivity index (χ1v) is 8.97. The number of anilines is 1. The highest BCUT2D eigenvalue weighted by Gasteiger charge is 2.15. The van der Waals surface area contributed by atoms with E-state index in [1.165, 1.54) is 30.3 Å². The Kier molecular flexibility index (Phi) is 7.95. The van der Waals surface area contributed by atoms with E-state index in [2.05, 4.69) is 5.32 Å². The third kappa shape index (κ3) is 6.35. The third-order valence-electron chi connectivity index (χ3n) is 3.62. The highest BCUT2D eigenvalue weighted by atomic mass is 35.5. The van der Waals surface area contributed by atoms with Gasteiger partial charge in [0.2, 0.25) is 0 Å². The van der Waals surface area contributed by atoms with E-state index in [-0.39, 0.29) is 22.8 Å². The van der Waals surface area contributed by atoms with Gasteiger partial charge in [-0.25, -0.2) is 14.0 Å². The van der Waals surface area contributed by atoms with Crippen molar-refractivity contribution in [3.05, 3.63) is 64.4 Å². The minimum absolute atomic E-state index is 0.123. The maximum atomic E-state index is 12.9. The predicted octanol–water partition coefficient (Wildman–Crippen LogP) is 4.23. The number of benzene rings is 2. The Bertz CT molecular complexity index is 854. The maximum Gasteiger partial charge on any atom is 0.339 e. The van der Waals surface area contributed by atoms with Crippen molar-refractivity contribution in [1.29, 1.82) is 0 Å². The number of nitrogens with one attached hydrogen (secondary N) is 1. The van der Waals surface area contributed by atoms with Gasteiger partial charge in [0, 0.05) is 5.69 Å². The van der Waals surface area contributed by atoms with E-state index in [0.717, 1.165) is 25.0 Å². The van der Waals surface area contributed by atoms with Crippen LogP contribution >= 0.6 is 11.6 Å². The molecule has 0 bridgehead atoms. The van der Waals surface area contributed by atoms with Gasteiger partial charge in [-0.1, -0.05) is 24.9 Å². The molecule has 2 rings (SSSR count). The number of amides is 1. The summed E-state index contributed by atoms with van der Waals surface area (Å²) in [5, 5.41) is 2.70. The van der Waals surface area contributed by atoms with E-state index in [4.69, 9.17) is 21.1 Å². The molecule has 0 aliphatic rings. The molecule has 0 spiro atoms. The summed E-state index contributed by atoms with van der Waals surface area (Å²) in [5.41, 5.74) is 0.548. The monoisotopic (exact) mass is 407 g/mol. The SMILES string of the molecule is CCCCOC(=O)c1cc(NC(=O)COC(=O)c2ccc(F)cc2)ccc1Cl.